The molecule has 0 aromatic heterocycles. The molecule has 2 aliphatic rings. The molecule has 1 aliphatic carbocycles. The Hall–Kier alpha value is -0.500. The molecule has 18 heavy (non-hydrogen) atoms. The summed E-state index contributed by atoms with van der Waals surface area (Å²) in [5.41, 5.74) is -0.326. The Morgan fingerprint density at radius 1 is 1.22 bits per heavy atom. The molecule has 0 aromatic rings. The topological polar surface area (TPSA) is 29.5 Å². The van der Waals surface area contributed by atoms with Crippen molar-refractivity contribution in [3.8, 4) is 0 Å². The van der Waals surface area contributed by atoms with Crippen LogP contribution in [0.4, 0.5) is 0 Å². The van der Waals surface area contributed by atoms with E-state index in [1.807, 2.05) is 0 Å². The Morgan fingerprint density at radius 3 is 2.61 bits per heavy atom. The molecular weight excluding hydrogens is 224 g/mol. The Kier molecular flexibility index (Phi) is 4.05. The average Bonchev–Trinajstić information content (AvgIpc) is 2.53. The summed E-state index contributed by atoms with van der Waals surface area (Å²) in [6.45, 7) is 7.73. The van der Waals surface area contributed by atoms with E-state index in [9.17, 15) is 5.11 Å². The molecule has 1 aliphatic heterocycles. The van der Waals surface area contributed by atoms with Crippen LogP contribution in [0, 0.1) is 11.3 Å². The third-order valence-electron chi connectivity index (χ3n) is 4.67. The predicted octanol–water partition coefficient (Wildman–Crippen LogP) is 4.04. The second-order valence-corrected chi connectivity index (χ2v) is 7.08. The zero-order chi connectivity index (χ0) is 13.2. The molecule has 0 saturated heterocycles. The van der Waals surface area contributed by atoms with Gasteiger partial charge in [-0.2, -0.15) is 0 Å². The number of aliphatic hydroxyl groups is 1. The van der Waals surface area contributed by atoms with Crippen LogP contribution < -0.4 is 0 Å². The van der Waals surface area contributed by atoms with Gasteiger partial charge in [-0.25, -0.2) is 0 Å². The number of ether oxygens (including phenoxy) is 1. The van der Waals surface area contributed by atoms with Crippen molar-refractivity contribution in [2.45, 2.75) is 71.3 Å². The zero-order valence-corrected chi connectivity index (χ0v) is 12.2. The van der Waals surface area contributed by atoms with Gasteiger partial charge >= 0.3 is 0 Å². The van der Waals surface area contributed by atoms with Crippen molar-refractivity contribution < 1.29 is 9.84 Å². The Labute approximate surface area is 111 Å². The fourth-order valence-corrected chi connectivity index (χ4v) is 3.32. The molecule has 2 nitrogen and oxygen atoms in total. The molecule has 1 N–H and O–H groups in total. The van der Waals surface area contributed by atoms with Crippen molar-refractivity contribution in [2.24, 2.45) is 11.3 Å². The average molecular weight is 252 g/mol. The summed E-state index contributed by atoms with van der Waals surface area (Å²) < 4.78 is 5.71. The molecule has 0 spiro atoms. The first-order chi connectivity index (χ1) is 8.42. The minimum atomic E-state index is -0.680. The highest BCUT2D eigenvalue weighted by molar-refractivity contribution is 5.12. The van der Waals surface area contributed by atoms with E-state index in [4.69, 9.17) is 4.74 Å². The van der Waals surface area contributed by atoms with Crippen LogP contribution in [0.1, 0.15) is 65.7 Å². The lowest BCUT2D eigenvalue weighted by atomic mass is 9.76. The molecule has 2 unspecified atom stereocenters. The van der Waals surface area contributed by atoms with Crippen molar-refractivity contribution in [2.75, 3.05) is 6.61 Å². The molecule has 1 saturated carbocycles. The van der Waals surface area contributed by atoms with E-state index in [2.05, 4.69) is 26.8 Å². The highest BCUT2D eigenvalue weighted by Crippen LogP contribution is 2.42. The van der Waals surface area contributed by atoms with Gasteiger partial charge in [-0.1, -0.05) is 20.8 Å². The highest BCUT2D eigenvalue weighted by atomic mass is 16.5. The van der Waals surface area contributed by atoms with Crippen LogP contribution in [0.25, 0.3) is 0 Å². The predicted molar refractivity (Wildman–Crippen MR) is 74.2 cm³/mol. The zero-order valence-electron chi connectivity index (χ0n) is 12.2. The van der Waals surface area contributed by atoms with Gasteiger partial charge in [-0.05, 0) is 62.4 Å². The summed E-state index contributed by atoms with van der Waals surface area (Å²) in [6, 6.07) is 0. The fourth-order valence-electron chi connectivity index (χ4n) is 3.32. The molecule has 0 radical (unpaired) electrons. The standard InChI is InChI=1S/C16H28O2/c1-15(2,3)13-7-6-10-16(17,11-9-13)14-8-4-5-12-18-14/h8,13,17H,4-7,9-12H2,1-3H3. The minimum absolute atomic E-state index is 0.354. The lowest BCUT2D eigenvalue weighted by Crippen LogP contribution is -2.33. The van der Waals surface area contributed by atoms with Gasteiger partial charge in [0.1, 0.15) is 11.4 Å². The van der Waals surface area contributed by atoms with Crippen molar-refractivity contribution in [1.29, 1.82) is 0 Å². The number of hydrogen-bond acceptors (Lipinski definition) is 2. The molecular formula is C16H28O2. The molecule has 0 bridgehead atoms. The van der Waals surface area contributed by atoms with Crippen LogP contribution in [0.15, 0.2) is 11.8 Å². The number of rotatable bonds is 1. The first-order valence-corrected chi connectivity index (χ1v) is 7.48. The van der Waals surface area contributed by atoms with E-state index in [1.54, 1.807) is 0 Å². The van der Waals surface area contributed by atoms with Gasteiger partial charge in [-0.3, -0.25) is 0 Å². The maximum atomic E-state index is 10.9. The van der Waals surface area contributed by atoms with Gasteiger partial charge in [0.25, 0.3) is 0 Å². The molecule has 1 heterocycles. The van der Waals surface area contributed by atoms with Crippen molar-refractivity contribution in [3.63, 3.8) is 0 Å². The van der Waals surface area contributed by atoms with Gasteiger partial charge in [-0.15, -0.1) is 0 Å². The summed E-state index contributed by atoms with van der Waals surface area (Å²) >= 11 is 0. The highest BCUT2D eigenvalue weighted by Gasteiger charge is 2.38. The van der Waals surface area contributed by atoms with E-state index in [-0.39, 0.29) is 0 Å². The molecule has 2 heteroatoms. The Bertz CT molecular complexity index is 314. The minimum Gasteiger partial charge on any atom is -0.495 e. The maximum absolute atomic E-state index is 10.9. The molecule has 0 aromatic carbocycles. The van der Waals surface area contributed by atoms with Crippen LogP contribution >= 0.6 is 0 Å². The first-order valence-electron chi connectivity index (χ1n) is 7.48. The number of hydrogen-bond donors (Lipinski definition) is 1. The Balaban J connectivity index is 2.05. The molecule has 104 valence electrons. The van der Waals surface area contributed by atoms with Crippen molar-refractivity contribution in [3.05, 3.63) is 11.8 Å². The molecule has 1 fully saturated rings. The Morgan fingerprint density at radius 2 is 2.00 bits per heavy atom. The lowest BCUT2D eigenvalue weighted by Gasteiger charge is -2.33. The quantitative estimate of drug-likeness (QED) is 0.714. The van der Waals surface area contributed by atoms with E-state index in [1.165, 1.54) is 6.42 Å². The van der Waals surface area contributed by atoms with Crippen molar-refractivity contribution >= 4 is 0 Å². The summed E-state index contributed by atoms with van der Waals surface area (Å²) in [5, 5.41) is 10.9. The van der Waals surface area contributed by atoms with Gasteiger partial charge < -0.3 is 9.84 Å². The lowest BCUT2D eigenvalue weighted by molar-refractivity contribution is -0.00857. The molecule has 2 rings (SSSR count). The van der Waals surface area contributed by atoms with E-state index < -0.39 is 5.60 Å². The van der Waals surface area contributed by atoms with Gasteiger partial charge in [0.15, 0.2) is 0 Å². The third-order valence-corrected chi connectivity index (χ3v) is 4.67. The van der Waals surface area contributed by atoms with Crippen LogP contribution in [0.3, 0.4) is 0 Å². The second-order valence-electron chi connectivity index (χ2n) is 7.08. The van der Waals surface area contributed by atoms with Gasteiger partial charge in [0.05, 0.1) is 6.61 Å². The summed E-state index contributed by atoms with van der Waals surface area (Å²) in [6.07, 6.45) is 9.44. The van der Waals surface area contributed by atoms with E-state index in [0.717, 1.165) is 56.8 Å². The third kappa shape index (κ3) is 3.09. The first kappa shape index (κ1) is 13.9. The largest absolute Gasteiger partial charge is 0.495 e. The van der Waals surface area contributed by atoms with E-state index in [0.29, 0.717) is 5.41 Å². The van der Waals surface area contributed by atoms with Crippen LogP contribution in [0.5, 0.6) is 0 Å². The van der Waals surface area contributed by atoms with Crippen LogP contribution in [-0.2, 0) is 4.74 Å². The summed E-state index contributed by atoms with van der Waals surface area (Å²) in [7, 11) is 0. The summed E-state index contributed by atoms with van der Waals surface area (Å²) in [5.74, 6) is 1.58. The van der Waals surface area contributed by atoms with Gasteiger partial charge in [0, 0.05) is 0 Å². The maximum Gasteiger partial charge on any atom is 0.124 e. The number of allylic oxidation sites excluding steroid dienone is 1. The van der Waals surface area contributed by atoms with Crippen molar-refractivity contribution in [1.82, 2.24) is 0 Å². The molecule has 0 amide bonds. The van der Waals surface area contributed by atoms with E-state index >= 15 is 0 Å². The molecule has 2 atom stereocenters. The normalized spacial score (nSPS) is 34.4. The smallest absolute Gasteiger partial charge is 0.124 e. The second kappa shape index (κ2) is 5.24. The van der Waals surface area contributed by atoms with Crippen LogP contribution in [0.2, 0.25) is 0 Å². The fraction of sp³-hybridized carbons (Fsp3) is 0.875. The summed E-state index contributed by atoms with van der Waals surface area (Å²) in [4.78, 5) is 0. The van der Waals surface area contributed by atoms with Gasteiger partial charge in [0.2, 0.25) is 0 Å². The van der Waals surface area contributed by atoms with Crippen LogP contribution in [-0.4, -0.2) is 17.3 Å². The SMILES string of the molecule is CC(C)(C)C1CCCC(O)(C2=CCCCO2)CC1. The monoisotopic (exact) mass is 252 g/mol.